The van der Waals surface area contributed by atoms with Gasteiger partial charge in [-0.25, -0.2) is 5.43 Å². The summed E-state index contributed by atoms with van der Waals surface area (Å²) in [6.45, 7) is 0.762. The first-order chi connectivity index (χ1) is 8.38. The number of nitrogens with two attached hydrogens (primary N) is 1. The summed E-state index contributed by atoms with van der Waals surface area (Å²) in [6, 6.07) is 10.5. The van der Waals surface area contributed by atoms with Gasteiger partial charge in [-0.2, -0.15) is 0 Å². The zero-order valence-electron chi connectivity index (χ0n) is 9.35. The Labute approximate surface area is 104 Å². The van der Waals surface area contributed by atoms with Crippen LogP contribution in [0.2, 0.25) is 0 Å². The fourth-order valence-corrected chi connectivity index (χ4v) is 3.22. The van der Waals surface area contributed by atoms with Gasteiger partial charge in [0.25, 0.3) is 0 Å². The van der Waals surface area contributed by atoms with Gasteiger partial charge >= 0.3 is 0 Å². The van der Waals surface area contributed by atoms with E-state index in [1.807, 2.05) is 0 Å². The van der Waals surface area contributed by atoms with Crippen molar-refractivity contribution in [3.05, 3.63) is 47.0 Å². The van der Waals surface area contributed by atoms with Crippen LogP contribution in [0.3, 0.4) is 0 Å². The van der Waals surface area contributed by atoms with Gasteiger partial charge in [0, 0.05) is 16.0 Å². The maximum atomic E-state index is 5.64. The lowest BCUT2D eigenvalue weighted by Gasteiger charge is -2.15. The Hall–Kier alpha value is -1.36. The summed E-state index contributed by atoms with van der Waals surface area (Å²) in [5.74, 6) is 6.59. The molecule has 0 fully saturated rings. The molecule has 0 saturated carbocycles. The largest absolute Gasteiger partial charge is 0.496 e. The van der Waals surface area contributed by atoms with Crippen LogP contribution in [0.25, 0.3) is 10.1 Å². The smallest absolute Gasteiger partial charge is 0.116 e. The highest BCUT2D eigenvalue weighted by Crippen LogP contribution is 2.34. The Morgan fingerprint density at radius 1 is 1.35 bits per heavy atom. The number of hydrazine groups is 1. The molecule has 2 aromatic rings. The van der Waals surface area contributed by atoms with Gasteiger partial charge in [-0.05, 0) is 23.6 Å². The summed E-state index contributed by atoms with van der Waals surface area (Å²) in [7, 11) is 0. The number of nitrogens with one attached hydrogen (secondary N) is 1. The van der Waals surface area contributed by atoms with E-state index in [0.29, 0.717) is 0 Å². The van der Waals surface area contributed by atoms with E-state index in [-0.39, 0.29) is 6.04 Å². The predicted octanol–water partition coefficient (Wildman–Crippen LogP) is 2.71. The molecule has 1 aromatic heterocycles. The van der Waals surface area contributed by atoms with Crippen molar-refractivity contribution in [2.45, 2.75) is 12.5 Å². The zero-order valence-corrected chi connectivity index (χ0v) is 10.2. The number of hydrogen-bond donors (Lipinski definition) is 2. The standard InChI is InChI=1S/C13H14N2OS/c14-15-13(10-5-3-7-16-10)12-8-9-4-1-2-6-11(9)17-12/h1-2,4-6,8,13,15H,3,7,14H2. The average Bonchev–Trinajstić information content (AvgIpc) is 2.98. The average molecular weight is 246 g/mol. The molecule has 0 saturated heterocycles. The molecule has 88 valence electrons. The number of hydrogen-bond acceptors (Lipinski definition) is 4. The summed E-state index contributed by atoms with van der Waals surface area (Å²) in [4.78, 5) is 1.20. The Kier molecular flexibility index (Phi) is 2.84. The first kappa shape index (κ1) is 10.8. The molecule has 1 atom stereocenters. The first-order valence-corrected chi connectivity index (χ1v) is 6.47. The minimum atomic E-state index is -0.0186. The van der Waals surface area contributed by atoms with E-state index in [9.17, 15) is 0 Å². The van der Waals surface area contributed by atoms with Crippen molar-refractivity contribution in [3.8, 4) is 0 Å². The van der Waals surface area contributed by atoms with Gasteiger partial charge in [-0.1, -0.05) is 18.2 Å². The van der Waals surface area contributed by atoms with Gasteiger partial charge < -0.3 is 4.74 Å². The Morgan fingerprint density at radius 3 is 2.94 bits per heavy atom. The van der Waals surface area contributed by atoms with Crippen LogP contribution in [0.4, 0.5) is 0 Å². The molecule has 0 spiro atoms. The van der Waals surface area contributed by atoms with E-state index in [4.69, 9.17) is 10.6 Å². The van der Waals surface area contributed by atoms with E-state index >= 15 is 0 Å². The molecule has 3 N–H and O–H groups in total. The van der Waals surface area contributed by atoms with Gasteiger partial charge in [-0.15, -0.1) is 11.3 Å². The molecule has 4 heteroatoms. The summed E-state index contributed by atoms with van der Waals surface area (Å²) >= 11 is 1.75. The van der Waals surface area contributed by atoms with E-state index < -0.39 is 0 Å². The molecule has 17 heavy (non-hydrogen) atoms. The first-order valence-electron chi connectivity index (χ1n) is 5.66. The van der Waals surface area contributed by atoms with E-state index in [0.717, 1.165) is 18.8 Å². The fourth-order valence-electron chi connectivity index (χ4n) is 2.09. The Morgan fingerprint density at radius 2 is 2.24 bits per heavy atom. The number of ether oxygens (including phenoxy) is 1. The summed E-state index contributed by atoms with van der Waals surface area (Å²) in [5.41, 5.74) is 2.84. The number of benzene rings is 1. The predicted molar refractivity (Wildman–Crippen MR) is 70.5 cm³/mol. The molecule has 0 bridgehead atoms. The quantitative estimate of drug-likeness (QED) is 0.646. The topological polar surface area (TPSA) is 47.3 Å². The van der Waals surface area contributed by atoms with Gasteiger partial charge in [0.1, 0.15) is 11.8 Å². The van der Waals surface area contributed by atoms with Crippen LogP contribution in [0, 0.1) is 0 Å². The second kappa shape index (κ2) is 4.49. The van der Waals surface area contributed by atoms with Crippen LogP contribution in [0.5, 0.6) is 0 Å². The van der Waals surface area contributed by atoms with E-state index in [1.165, 1.54) is 15.0 Å². The van der Waals surface area contributed by atoms with Gasteiger partial charge in [0.05, 0.1) is 6.61 Å². The van der Waals surface area contributed by atoms with Crippen LogP contribution < -0.4 is 11.3 Å². The second-order valence-corrected chi connectivity index (χ2v) is 5.15. The van der Waals surface area contributed by atoms with Gasteiger partial charge in [0.15, 0.2) is 0 Å². The number of rotatable bonds is 3. The molecule has 0 amide bonds. The van der Waals surface area contributed by atoms with Crippen molar-refractivity contribution in [1.82, 2.24) is 5.43 Å². The van der Waals surface area contributed by atoms with Crippen molar-refractivity contribution in [3.63, 3.8) is 0 Å². The highest BCUT2D eigenvalue weighted by atomic mass is 32.1. The highest BCUT2D eigenvalue weighted by Gasteiger charge is 2.21. The maximum absolute atomic E-state index is 5.64. The summed E-state index contributed by atoms with van der Waals surface area (Å²) < 4.78 is 6.86. The van der Waals surface area contributed by atoms with Crippen molar-refractivity contribution >= 4 is 21.4 Å². The highest BCUT2D eigenvalue weighted by molar-refractivity contribution is 7.19. The molecule has 3 nitrogen and oxygen atoms in total. The normalized spacial score (nSPS) is 16.9. The molecule has 0 radical (unpaired) electrons. The third kappa shape index (κ3) is 1.95. The molecular formula is C13H14N2OS. The van der Waals surface area contributed by atoms with Crippen molar-refractivity contribution in [1.29, 1.82) is 0 Å². The lowest BCUT2D eigenvalue weighted by molar-refractivity contribution is 0.216. The Bertz CT molecular complexity index is 528. The second-order valence-electron chi connectivity index (χ2n) is 4.03. The van der Waals surface area contributed by atoms with Crippen molar-refractivity contribution < 1.29 is 4.74 Å². The molecule has 1 aromatic carbocycles. The van der Waals surface area contributed by atoms with Gasteiger partial charge in [0.2, 0.25) is 0 Å². The van der Waals surface area contributed by atoms with Crippen LogP contribution in [0.1, 0.15) is 17.3 Å². The lowest BCUT2D eigenvalue weighted by Crippen LogP contribution is -2.29. The SMILES string of the molecule is NNC(C1=CCCO1)c1cc2ccccc2s1. The molecule has 1 unspecified atom stereocenters. The lowest BCUT2D eigenvalue weighted by atomic mass is 10.1. The summed E-state index contributed by atoms with van der Waals surface area (Å²) in [5, 5.41) is 1.26. The molecule has 2 heterocycles. The van der Waals surface area contributed by atoms with Gasteiger partial charge in [-0.3, -0.25) is 5.84 Å². The molecule has 1 aliphatic rings. The molecule has 3 rings (SSSR count). The zero-order chi connectivity index (χ0) is 11.7. The molecular weight excluding hydrogens is 232 g/mol. The number of thiophene rings is 1. The monoisotopic (exact) mass is 246 g/mol. The third-order valence-corrected chi connectivity index (χ3v) is 4.09. The van der Waals surface area contributed by atoms with E-state index in [1.54, 1.807) is 11.3 Å². The van der Waals surface area contributed by atoms with Crippen molar-refractivity contribution in [2.75, 3.05) is 6.61 Å². The van der Waals surface area contributed by atoms with Crippen LogP contribution in [-0.2, 0) is 4.74 Å². The molecule has 1 aliphatic heterocycles. The Balaban J connectivity index is 2.00. The van der Waals surface area contributed by atoms with Crippen molar-refractivity contribution in [2.24, 2.45) is 5.84 Å². The minimum absolute atomic E-state index is 0.0186. The summed E-state index contributed by atoms with van der Waals surface area (Å²) in [6.07, 6.45) is 3.08. The van der Waals surface area contributed by atoms with Crippen LogP contribution in [-0.4, -0.2) is 6.61 Å². The fraction of sp³-hybridized carbons (Fsp3) is 0.231. The number of fused-ring (bicyclic) bond motifs is 1. The minimum Gasteiger partial charge on any atom is -0.496 e. The molecule has 0 aliphatic carbocycles. The van der Waals surface area contributed by atoms with E-state index in [2.05, 4.69) is 41.8 Å². The maximum Gasteiger partial charge on any atom is 0.116 e. The third-order valence-electron chi connectivity index (χ3n) is 2.91. The van der Waals surface area contributed by atoms with Crippen LogP contribution in [0.15, 0.2) is 42.2 Å². The van der Waals surface area contributed by atoms with Crippen LogP contribution >= 0.6 is 11.3 Å².